The first-order valence-electron chi connectivity index (χ1n) is 4.13. The first-order valence-corrected chi connectivity index (χ1v) is 4.13. The number of nitrogens with zero attached hydrogens (tertiary/aromatic N) is 2. The molecule has 0 spiro atoms. The third-order valence-electron chi connectivity index (χ3n) is 2.16. The lowest BCUT2D eigenvalue weighted by molar-refractivity contribution is 0.112. The summed E-state index contributed by atoms with van der Waals surface area (Å²) in [4.78, 5) is 14.8. The van der Waals surface area contributed by atoms with Crippen LogP contribution >= 0.6 is 0 Å². The molecule has 0 amide bonds. The molecule has 13 heavy (non-hydrogen) atoms. The van der Waals surface area contributed by atoms with Gasteiger partial charge in [-0.15, -0.1) is 0 Å². The molecule has 66 valence electrons. The molecule has 3 nitrogen and oxygen atoms in total. The smallest absolute Gasteiger partial charge is 0.151 e. The molecule has 0 fully saturated rings. The van der Waals surface area contributed by atoms with Gasteiger partial charge in [0.2, 0.25) is 0 Å². The summed E-state index contributed by atoms with van der Waals surface area (Å²) in [6.45, 7) is 3.89. The minimum atomic E-state index is 0.674. The third kappa shape index (κ3) is 1.13. The van der Waals surface area contributed by atoms with Crippen LogP contribution in [-0.4, -0.2) is 15.7 Å². The molecule has 0 unspecified atom stereocenters. The maximum Gasteiger partial charge on any atom is 0.151 e. The second-order valence-electron chi connectivity index (χ2n) is 3.08. The molecule has 2 heterocycles. The predicted molar refractivity (Wildman–Crippen MR) is 50.1 cm³/mol. The van der Waals surface area contributed by atoms with Crippen LogP contribution in [0.3, 0.4) is 0 Å². The number of hydrogen-bond donors (Lipinski definition) is 0. The van der Waals surface area contributed by atoms with E-state index in [1.807, 2.05) is 24.3 Å². The van der Waals surface area contributed by atoms with E-state index in [0.29, 0.717) is 5.56 Å². The highest BCUT2D eigenvalue weighted by Crippen LogP contribution is 2.12. The second kappa shape index (κ2) is 2.69. The molecule has 0 aliphatic heterocycles. The van der Waals surface area contributed by atoms with E-state index < -0.39 is 0 Å². The molecule has 0 atom stereocenters. The summed E-state index contributed by atoms with van der Waals surface area (Å²) >= 11 is 0. The van der Waals surface area contributed by atoms with E-state index in [-0.39, 0.29) is 0 Å². The van der Waals surface area contributed by atoms with E-state index in [9.17, 15) is 4.79 Å². The zero-order valence-corrected chi connectivity index (χ0v) is 7.61. The standard InChI is InChI=1S/C10H10N2O/c1-7-10-4-3-9(6-13)5-12(10)8(2)11-7/h3-6H,1-2H3. The molecule has 0 N–H and O–H groups in total. The molecule has 0 saturated heterocycles. The van der Waals surface area contributed by atoms with Crippen molar-refractivity contribution < 1.29 is 4.79 Å². The van der Waals surface area contributed by atoms with Crippen molar-refractivity contribution in [3.63, 3.8) is 0 Å². The summed E-state index contributed by atoms with van der Waals surface area (Å²) in [5.74, 6) is 0.913. The molecule has 3 heteroatoms. The number of imidazole rings is 1. The normalized spacial score (nSPS) is 10.6. The average molecular weight is 174 g/mol. The molecule has 0 aliphatic rings. The molecular formula is C10H10N2O. The van der Waals surface area contributed by atoms with Gasteiger partial charge in [0.05, 0.1) is 11.2 Å². The summed E-state index contributed by atoms with van der Waals surface area (Å²) < 4.78 is 1.93. The topological polar surface area (TPSA) is 34.4 Å². The number of pyridine rings is 1. The van der Waals surface area contributed by atoms with Crippen LogP contribution in [0.5, 0.6) is 0 Å². The Hall–Kier alpha value is -1.64. The van der Waals surface area contributed by atoms with Crippen LogP contribution in [0.2, 0.25) is 0 Å². The Labute approximate surface area is 76.0 Å². The van der Waals surface area contributed by atoms with Crippen molar-refractivity contribution in [1.82, 2.24) is 9.38 Å². The molecular weight excluding hydrogens is 164 g/mol. The number of aldehydes is 1. The monoisotopic (exact) mass is 174 g/mol. The van der Waals surface area contributed by atoms with E-state index in [0.717, 1.165) is 23.3 Å². The summed E-state index contributed by atoms with van der Waals surface area (Å²) in [6, 6.07) is 3.72. The molecule has 2 rings (SSSR count). The van der Waals surface area contributed by atoms with Crippen LogP contribution in [0.25, 0.3) is 5.52 Å². The summed E-state index contributed by atoms with van der Waals surface area (Å²) in [5, 5.41) is 0. The summed E-state index contributed by atoms with van der Waals surface area (Å²) in [5.41, 5.74) is 2.73. The molecule has 0 aliphatic carbocycles. The van der Waals surface area contributed by atoms with Crippen molar-refractivity contribution in [3.8, 4) is 0 Å². The minimum Gasteiger partial charge on any atom is -0.303 e. The Morgan fingerprint density at radius 3 is 2.85 bits per heavy atom. The van der Waals surface area contributed by atoms with E-state index in [1.54, 1.807) is 12.3 Å². The number of carbonyl (C=O) groups is 1. The Bertz CT molecular complexity index is 471. The molecule has 2 aromatic rings. The van der Waals surface area contributed by atoms with Crippen molar-refractivity contribution >= 4 is 11.8 Å². The number of carbonyl (C=O) groups excluding carboxylic acids is 1. The molecule has 2 aromatic heterocycles. The maximum absolute atomic E-state index is 10.5. The van der Waals surface area contributed by atoms with Crippen molar-refractivity contribution in [1.29, 1.82) is 0 Å². The summed E-state index contributed by atoms with van der Waals surface area (Å²) in [6.07, 6.45) is 2.64. The zero-order chi connectivity index (χ0) is 9.42. The van der Waals surface area contributed by atoms with Gasteiger partial charge in [0.1, 0.15) is 5.82 Å². The fourth-order valence-electron chi connectivity index (χ4n) is 1.50. The van der Waals surface area contributed by atoms with Crippen molar-refractivity contribution in [2.45, 2.75) is 13.8 Å². The van der Waals surface area contributed by atoms with Gasteiger partial charge in [0.15, 0.2) is 6.29 Å². The largest absolute Gasteiger partial charge is 0.303 e. The van der Waals surface area contributed by atoms with Gasteiger partial charge >= 0.3 is 0 Å². The van der Waals surface area contributed by atoms with E-state index in [2.05, 4.69) is 4.98 Å². The van der Waals surface area contributed by atoms with Crippen LogP contribution in [0, 0.1) is 13.8 Å². The molecule has 0 aromatic carbocycles. The van der Waals surface area contributed by atoms with Gasteiger partial charge < -0.3 is 4.40 Å². The number of rotatable bonds is 1. The quantitative estimate of drug-likeness (QED) is 0.617. The zero-order valence-electron chi connectivity index (χ0n) is 7.61. The van der Waals surface area contributed by atoms with Crippen LogP contribution in [0.15, 0.2) is 18.3 Å². The number of hydrogen-bond acceptors (Lipinski definition) is 2. The Balaban J connectivity index is 2.83. The Kier molecular flexibility index (Phi) is 1.65. The fourth-order valence-corrected chi connectivity index (χ4v) is 1.50. The van der Waals surface area contributed by atoms with Gasteiger partial charge in [0, 0.05) is 11.8 Å². The van der Waals surface area contributed by atoms with E-state index in [1.165, 1.54) is 0 Å². The third-order valence-corrected chi connectivity index (χ3v) is 2.16. The van der Waals surface area contributed by atoms with Gasteiger partial charge in [-0.1, -0.05) is 0 Å². The lowest BCUT2D eigenvalue weighted by Gasteiger charge is -1.96. The Morgan fingerprint density at radius 1 is 1.38 bits per heavy atom. The first kappa shape index (κ1) is 7.98. The lowest BCUT2D eigenvalue weighted by atomic mass is 10.3. The van der Waals surface area contributed by atoms with Crippen molar-refractivity contribution in [2.24, 2.45) is 0 Å². The highest BCUT2D eigenvalue weighted by Gasteiger charge is 2.03. The van der Waals surface area contributed by atoms with Gasteiger partial charge in [0.25, 0.3) is 0 Å². The van der Waals surface area contributed by atoms with Crippen LogP contribution in [0.4, 0.5) is 0 Å². The average Bonchev–Trinajstić information content (AvgIpc) is 2.42. The van der Waals surface area contributed by atoms with E-state index >= 15 is 0 Å². The van der Waals surface area contributed by atoms with Crippen LogP contribution in [0.1, 0.15) is 21.9 Å². The van der Waals surface area contributed by atoms with Crippen LogP contribution < -0.4 is 0 Å². The van der Waals surface area contributed by atoms with Crippen molar-refractivity contribution in [2.75, 3.05) is 0 Å². The van der Waals surface area contributed by atoms with Crippen LogP contribution in [-0.2, 0) is 0 Å². The number of fused-ring (bicyclic) bond motifs is 1. The molecule has 0 bridgehead atoms. The highest BCUT2D eigenvalue weighted by atomic mass is 16.1. The molecule has 0 saturated carbocycles. The van der Waals surface area contributed by atoms with Gasteiger partial charge in [-0.25, -0.2) is 4.98 Å². The second-order valence-corrected chi connectivity index (χ2v) is 3.08. The predicted octanol–water partition coefficient (Wildman–Crippen LogP) is 1.76. The van der Waals surface area contributed by atoms with Gasteiger partial charge in [-0.3, -0.25) is 4.79 Å². The van der Waals surface area contributed by atoms with E-state index in [4.69, 9.17) is 0 Å². The van der Waals surface area contributed by atoms with Crippen molar-refractivity contribution in [3.05, 3.63) is 35.4 Å². The molecule has 0 radical (unpaired) electrons. The SMILES string of the molecule is Cc1nc(C)n2cc(C=O)ccc12. The first-order chi connectivity index (χ1) is 6.22. The number of aromatic nitrogens is 2. The van der Waals surface area contributed by atoms with Gasteiger partial charge in [-0.05, 0) is 26.0 Å². The maximum atomic E-state index is 10.5. The fraction of sp³-hybridized carbons (Fsp3) is 0.200. The highest BCUT2D eigenvalue weighted by molar-refractivity contribution is 5.75. The summed E-state index contributed by atoms with van der Waals surface area (Å²) in [7, 11) is 0. The Morgan fingerprint density at radius 2 is 2.15 bits per heavy atom. The van der Waals surface area contributed by atoms with Gasteiger partial charge in [-0.2, -0.15) is 0 Å². The lowest BCUT2D eigenvalue weighted by Crippen LogP contribution is -1.90. The number of aryl methyl sites for hydroxylation is 2. The minimum absolute atomic E-state index is 0.674.